The fourth-order valence-corrected chi connectivity index (χ4v) is 1.69. The van der Waals surface area contributed by atoms with Crippen LogP contribution in [0.25, 0.3) is 0 Å². The average Bonchev–Trinajstić information content (AvgIpc) is 2.36. The summed E-state index contributed by atoms with van der Waals surface area (Å²) in [6.45, 7) is 6.74. The van der Waals surface area contributed by atoms with Crippen LogP contribution in [-0.4, -0.2) is 24.7 Å². The molecule has 0 saturated carbocycles. The molecule has 112 valence electrons. The number of rotatable bonds is 9. The highest BCUT2D eigenvalue weighted by molar-refractivity contribution is 5.35. The van der Waals surface area contributed by atoms with Crippen LogP contribution in [0.15, 0.2) is 18.2 Å². The molecule has 1 aromatic rings. The second-order valence-corrected chi connectivity index (χ2v) is 5.07. The van der Waals surface area contributed by atoms with Crippen LogP contribution in [-0.2, 0) is 11.3 Å². The Morgan fingerprint density at radius 2 is 2.15 bits per heavy atom. The van der Waals surface area contributed by atoms with Crippen LogP contribution < -0.4 is 5.32 Å². The first kappa shape index (κ1) is 16.5. The standard InChI is InChI=1S/C14H21FN2O3/c1-11(2)10-20-5-3-4-16-9-12-6-13(15)8-14(7-12)17(18)19/h6-8,11,16H,3-5,9-10H2,1-2H3. The first-order chi connectivity index (χ1) is 9.49. The molecule has 0 aliphatic heterocycles. The number of hydrogen-bond acceptors (Lipinski definition) is 4. The molecule has 0 saturated heterocycles. The van der Waals surface area contributed by atoms with E-state index in [1.54, 1.807) is 0 Å². The maximum atomic E-state index is 13.2. The predicted octanol–water partition coefficient (Wildman–Crippen LogP) is 2.89. The SMILES string of the molecule is CC(C)COCCCNCc1cc(F)cc([N+](=O)[O-])c1. The molecule has 0 unspecified atom stereocenters. The van der Waals surface area contributed by atoms with Crippen LogP contribution in [0.5, 0.6) is 0 Å². The Hall–Kier alpha value is -1.53. The molecule has 1 N–H and O–H groups in total. The monoisotopic (exact) mass is 284 g/mol. The zero-order valence-corrected chi connectivity index (χ0v) is 11.9. The van der Waals surface area contributed by atoms with E-state index in [0.29, 0.717) is 24.6 Å². The topological polar surface area (TPSA) is 64.4 Å². The van der Waals surface area contributed by atoms with Crippen LogP contribution in [0.4, 0.5) is 10.1 Å². The number of nitro groups is 1. The number of benzene rings is 1. The molecule has 0 aromatic heterocycles. The summed E-state index contributed by atoms with van der Waals surface area (Å²) in [6.07, 6.45) is 0.851. The molecule has 0 atom stereocenters. The Morgan fingerprint density at radius 3 is 2.80 bits per heavy atom. The number of ether oxygens (including phenoxy) is 1. The number of non-ortho nitro benzene ring substituents is 1. The molecule has 6 heteroatoms. The lowest BCUT2D eigenvalue weighted by Crippen LogP contribution is -2.17. The van der Waals surface area contributed by atoms with Crippen molar-refractivity contribution in [2.24, 2.45) is 5.92 Å². The molecular weight excluding hydrogens is 263 g/mol. The number of nitro benzene ring substituents is 1. The normalized spacial score (nSPS) is 11.0. The lowest BCUT2D eigenvalue weighted by Gasteiger charge is -2.08. The van der Waals surface area contributed by atoms with Gasteiger partial charge in [-0.3, -0.25) is 10.1 Å². The number of nitrogens with zero attached hydrogens (tertiary/aromatic N) is 1. The van der Waals surface area contributed by atoms with E-state index in [4.69, 9.17) is 4.74 Å². The smallest absolute Gasteiger partial charge is 0.272 e. The highest BCUT2D eigenvalue weighted by Gasteiger charge is 2.09. The molecule has 0 spiro atoms. The van der Waals surface area contributed by atoms with Crippen molar-refractivity contribution in [3.63, 3.8) is 0 Å². The third-order valence-electron chi connectivity index (χ3n) is 2.58. The fraction of sp³-hybridized carbons (Fsp3) is 0.571. The van der Waals surface area contributed by atoms with Crippen molar-refractivity contribution >= 4 is 5.69 Å². The minimum atomic E-state index is -0.591. The van der Waals surface area contributed by atoms with E-state index in [-0.39, 0.29) is 5.69 Å². The summed E-state index contributed by atoms with van der Waals surface area (Å²) < 4.78 is 18.6. The van der Waals surface area contributed by atoms with E-state index in [2.05, 4.69) is 19.2 Å². The van der Waals surface area contributed by atoms with Crippen molar-refractivity contribution < 1.29 is 14.1 Å². The van der Waals surface area contributed by atoms with E-state index >= 15 is 0 Å². The zero-order chi connectivity index (χ0) is 15.0. The predicted molar refractivity (Wildman–Crippen MR) is 75.0 cm³/mol. The van der Waals surface area contributed by atoms with Gasteiger partial charge in [0.2, 0.25) is 0 Å². The maximum Gasteiger partial charge on any atom is 0.272 e. The number of nitrogens with one attached hydrogen (secondary N) is 1. The lowest BCUT2D eigenvalue weighted by molar-refractivity contribution is -0.385. The highest BCUT2D eigenvalue weighted by atomic mass is 19.1. The largest absolute Gasteiger partial charge is 0.381 e. The van der Waals surface area contributed by atoms with Crippen LogP contribution in [0, 0.1) is 21.8 Å². The van der Waals surface area contributed by atoms with Crippen molar-refractivity contribution in [3.05, 3.63) is 39.7 Å². The highest BCUT2D eigenvalue weighted by Crippen LogP contribution is 2.16. The van der Waals surface area contributed by atoms with E-state index in [1.807, 2.05) is 0 Å². The van der Waals surface area contributed by atoms with Gasteiger partial charge in [-0.05, 0) is 30.5 Å². The second-order valence-electron chi connectivity index (χ2n) is 5.07. The van der Waals surface area contributed by atoms with Crippen molar-refractivity contribution in [1.82, 2.24) is 5.32 Å². The minimum absolute atomic E-state index is 0.220. The van der Waals surface area contributed by atoms with Crippen molar-refractivity contribution in [1.29, 1.82) is 0 Å². The average molecular weight is 284 g/mol. The lowest BCUT2D eigenvalue weighted by atomic mass is 10.2. The molecule has 0 radical (unpaired) electrons. The van der Waals surface area contributed by atoms with Crippen LogP contribution in [0.2, 0.25) is 0 Å². The summed E-state index contributed by atoms with van der Waals surface area (Å²) >= 11 is 0. The molecular formula is C14H21FN2O3. The number of halogens is 1. The third-order valence-corrected chi connectivity index (χ3v) is 2.58. The van der Waals surface area contributed by atoms with Gasteiger partial charge in [-0.1, -0.05) is 13.8 Å². The molecule has 0 aliphatic rings. The molecule has 20 heavy (non-hydrogen) atoms. The second kappa shape index (κ2) is 8.60. The Bertz CT molecular complexity index is 438. The van der Waals surface area contributed by atoms with Gasteiger partial charge in [0.25, 0.3) is 5.69 Å². The van der Waals surface area contributed by atoms with Gasteiger partial charge in [-0.2, -0.15) is 0 Å². The van der Waals surface area contributed by atoms with Crippen LogP contribution >= 0.6 is 0 Å². The number of hydrogen-bond donors (Lipinski definition) is 1. The maximum absolute atomic E-state index is 13.2. The van der Waals surface area contributed by atoms with E-state index in [9.17, 15) is 14.5 Å². The Labute approximate surface area is 118 Å². The molecule has 0 aliphatic carbocycles. The van der Waals surface area contributed by atoms with Gasteiger partial charge in [-0.15, -0.1) is 0 Å². The summed E-state index contributed by atoms with van der Waals surface area (Å²) in [4.78, 5) is 10.0. The molecule has 1 aromatic carbocycles. The Morgan fingerprint density at radius 1 is 1.40 bits per heavy atom. The Balaban J connectivity index is 2.27. The van der Waals surface area contributed by atoms with Gasteiger partial charge in [0.05, 0.1) is 11.0 Å². The van der Waals surface area contributed by atoms with Crippen LogP contribution in [0.1, 0.15) is 25.8 Å². The van der Waals surface area contributed by atoms with Gasteiger partial charge in [0, 0.05) is 25.8 Å². The fourth-order valence-electron chi connectivity index (χ4n) is 1.69. The summed E-state index contributed by atoms with van der Waals surface area (Å²) in [5, 5.41) is 13.7. The first-order valence-corrected chi connectivity index (χ1v) is 6.71. The van der Waals surface area contributed by atoms with Gasteiger partial charge in [0.15, 0.2) is 0 Å². The molecule has 0 heterocycles. The first-order valence-electron chi connectivity index (χ1n) is 6.71. The summed E-state index contributed by atoms with van der Waals surface area (Å²) in [5.41, 5.74) is 0.349. The molecule has 0 fully saturated rings. The Kier molecular flexibility index (Phi) is 7.11. The van der Waals surface area contributed by atoms with Crippen LogP contribution in [0.3, 0.4) is 0 Å². The molecule has 1 rings (SSSR count). The third kappa shape index (κ3) is 6.58. The summed E-state index contributed by atoms with van der Waals surface area (Å²) in [5.74, 6) is -0.0629. The quantitative estimate of drug-likeness (QED) is 0.430. The minimum Gasteiger partial charge on any atom is -0.381 e. The molecule has 0 amide bonds. The molecule has 5 nitrogen and oxygen atoms in total. The van der Waals surface area contributed by atoms with E-state index in [1.165, 1.54) is 12.1 Å². The van der Waals surface area contributed by atoms with Gasteiger partial charge in [-0.25, -0.2) is 4.39 Å². The van der Waals surface area contributed by atoms with Crippen molar-refractivity contribution in [3.8, 4) is 0 Å². The van der Waals surface area contributed by atoms with Gasteiger partial charge in [0.1, 0.15) is 5.82 Å². The van der Waals surface area contributed by atoms with Crippen molar-refractivity contribution in [2.75, 3.05) is 19.8 Å². The zero-order valence-electron chi connectivity index (χ0n) is 11.9. The molecule has 0 bridgehead atoms. The van der Waals surface area contributed by atoms with Gasteiger partial charge < -0.3 is 10.1 Å². The van der Waals surface area contributed by atoms with E-state index in [0.717, 1.165) is 25.6 Å². The van der Waals surface area contributed by atoms with Gasteiger partial charge >= 0.3 is 0 Å². The summed E-state index contributed by atoms with van der Waals surface area (Å²) in [6, 6.07) is 3.60. The summed E-state index contributed by atoms with van der Waals surface area (Å²) in [7, 11) is 0. The van der Waals surface area contributed by atoms with Crippen molar-refractivity contribution in [2.45, 2.75) is 26.8 Å². The van der Waals surface area contributed by atoms with E-state index < -0.39 is 10.7 Å².